The lowest BCUT2D eigenvalue weighted by molar-refractivity contribution is -0.143. The largest absolute Gasteiger partial charge is 0.508 e. The molecule has 144 valence electrons. The Morgan fingerprint density at radius 2 is 1.26 bits per heavy atom. The van der Waals surface area contributed by atoms with Gasteiger partial charge in [-0.25, -0.2) is 4.79 Å². The number of hydrogen-bond acceptors (Lipinski definition) is 4. The summed E-state index contributed by atoms with van der Waals surface area (Å²) in [6.07, 6.45) is -0.848. The molecule has 0 unspecified atom stereocenters. The van der Waals surface area contributed by atoms with Crippen LogP contribution in [0.4, 0.5) is 0 Å². The van der Waals surface area contributed by atoms with Gasteiger partial charge in [0.2, 0.25) is 0 Å². The van der Waals surface area contributed by atoms with E-state index in [1.54, 1.807) is 48.2 Å². The molecule has 5 heteroatoms. The molecule has 0 aliphatic heterocycles. The Morgan fingerprint density at radius 1 is 0.815 bits per heavy atom. The Labute approximate surface area is 160 Å². The number of hydrogen-bond donors (Lipinski definition) is 1. The second kappa shape index (κ2) is 8.71. The average molecular weight is 369 g/mol. The van der Waals surface area contributed by atoms with Gasteiger partial charge in [0.25, 0.3) is 5.91 Å². The first-order valence-electron chi connectivity index (χ1n) is 9.13. The lowest BCUT2D eigenvalue weighted by atomic mass is 10.0. The van der Waals surface area contributed by atoms with Gasteiger partial charge in [0, 0.05) is 12.1 Å². The van der Waals surface area contributed by atoms with Crippen molar-refractivity contribution in [3.63, 3.8) is 0 Å². The van der Waals surface area contributed by atoms with E-state index in [1.807, 2.05) is 39.8 Å². The van der Waals surface area contributed by atoms with Gasteiger partial charge in [-0.1, -0.05) is 24.3 Å². The fourth-order valence-corrected chi connectivity index (χ4v) is 3.05. The topological polar surface area (TPSA) is 66.8 Å². The summed E-state index contributed by atoms with van der Waals surface area (Å²) in [6, 6.07) is 13.8. The van der Waals surface area contributed by atoms with E-state index < -0.39 is 12.1 Å². The molecule has 5 nitrogen and oxygen atoms in total. The molecular weight excluding hydrogens is 342 g/mol. The molecule has 0 spiro atoms. The van der Waals surface area contributed by atoms with Crippen molar-refractivity contribution in [2.75, 3.05) is 0 Å². The molecule has 0 aliphatic carbocycles. The Bertz CT molecular complexity index is 771. The summed E-state index contributed by atoms with van der Waals surface area (Å²) >= 11 is 0. The lowest BCUT2D eigenvalue weighted by Crippen LogP contribution is -2.47. The number of phenols is 1. The number of nitrogens with zero attached hydrogens (tertiary/aromatic N) is 1. The van der Waals surface area contributed by atoms with Gasteiger partial charge in [-0.2, -0.15) is 0 Å². The van der Waals surface area contributed by atoms with E-state index in [0.717, 1.165) is 11.1 Å². The highest BCUT2D eigenvalue weighted by atomic mass is 16.5. The highest BCUT2D eigenvalue weighted by molar-refractivity contribution is 5.92. The summed E-state index contributed by atoms with van der Waals surface area (Å²) < 4.78 is 5.38. The third-order valence-corrected chi connectivity index (χ3v) is 4.32. The smallest absolute Gasteiger partial charge is 0.338 e. The first-order valence-corrected chi connectivity index (χ1v) is 9.13. The number of phenolic OH excluding ortho intramolecular Hbond substituents is 1. The Kier molecular flexibility index (Phi) is 6.61. The quantitative estimate of drug-likeness (QED) is 0.773. The third-order valence-electron chi connectivity index (χ3n) is 4.32. The van der Waals surface area contributed by atoms with Gasteiger partial charge < -0.3 is 14.7 Å². The van der Waals surface area contributed by atoms with E-state index in [0.29, 0.717) is 5.56 Å². The molecule has 0 saturated heterocycles. The van der Waals surface area contributed by atoms with Crippen LogP contribution in [0.2, 0.25) is 0 Å². The van der Waals surface area contributed by atoms with E-state index >= 15 is 0 Å². The normalized spacial score (nSPS) is 12.1. The van der Waals surface area contributed by atoms with Crippen LogP contribution < -0.4 is 0 Å². The van der Waals surface area contributed by atoms with E-state index in [2.05, 4.69) is 0 Å². The van der Waals surface area contributed by atoms with Crippen LogP contribution in [-0.4, -0.2) is 40.1 Å². The van der Waals surface area contributed by atoms with Crippen molar-refractivity contribution in [2.24, 2.45) is 0 Å². The number of carbonyl (C=O) groups is 2. The molecule has 0 aromatic heterocycles. The van der Waals surface area contributed by atoms with Gasteiger partial charge in [0.15, 0.2) is 6.10 Å². The van der Waals surface area contributed by atoms with Crippen LogP contribution in [0.1, 0.15) is 45.0 Å². The van der Waals surface area contributed by atoms with Crippen LogP contribution in [-0.2, 0) is 9.53 Å². The summed E-state index contributed by atoms with van der Waals surface area (Å²) in [4.78, 5) is 26.7. The molecule has 1 amide bonds. The number of amides is 1. The summed E-state index contributed by atoms with van der Waals surface area (Å²) in [6.45, 7) is 9.36. The SMILES string of the molecule is CC(C)N(C(=O)[C@H](C)OC(=O)c1ccc(-c2ccc(O)cc2)cc1)C(C)C. The van der Waals surface area contributed by atoms with Crippen LogP contribution in [0.25, 0.3) is 11.1 Å². The van der Waals surface area contributed by atoms with Gasteiger partial charge in [-0.3, -0.25) is 4.79 Å². The summed E-state index contributed by atoms with van der Waals surface area (Å²) in [7, 11) is 0. The molecule has 2 rings (SSSR count). The van der Waals surface area contributed by atoms with E-state index in [1.165, 1.54) is 0 Å². The first-order chi connectivity index (χ1) is 12.7. The van der Waals surface area contributed by atoms with Gasteiger partial charge >= 0.3 is 5.97 Å². The summed E-state index contributed by atoms with van der Waals surface area (Å²) in [5.74, 6) is -0.524. The molecule has 1 N–H and O–H groups in total. The van der Waals surface area contributed by atoms with Crippen molar-refractivity contribution >= 4 is 11.9 Å². The van der Waals surface area contributed by atoms with Gasteiger partial charge in [-0.05, 0) is 70.0 Å². The molecule has 0 bridgehead atoms. The minimum atomic E-state index is -0.848. The number of aromatic hydroxyl groups is 1. The van der Waals surface area contributed by atoms with Crippen LogP contribution >= 0.6 is 0 Å². The second-order valence-electron chi connectivity index (χ2n) is 7.10. The van der Waals surface area contributed by atoms with E-state index in [4.69, 9.17) is 4.74 Å². The standard InChI is InChI=1S/C22H27NO4/c1-14(2)23(15(3)4)21(25)16(5)27-22(26)19-8-6-17(7-9-19)18-10-12-20(24)13-11-18/h6-16,24H,1-5H3/t16-/m0/s1. The van der Waals surface area contributed by atoms with Crippen molar-refractivity contribution in [1.82, 2.24) is 4.90 Å². The lowest BCUT2D eigenvalue weighted by Gasteiger charge is -2.32. The van der Waals surface area contributed by atoms with Crippen LogP contribution in [0.15, 0.2) is 48.5 Å². The minimum Gasteiger partial charge on any atom is -0.508 e. The summed E-state index contributed by atoms with van der Waals surface area (Å²) in [5.41, 5.74) is 2.24. The number of benzene rings is 2. The van der Waals surface area contributed by atoms with Crippen LogP contribution in [0.3, 0.4) is 0 Å². The van der Waals surface area contributed by atoms with Crippen molar-refractivity contribution in [3.8, 4) is 16.9 Å². The highest BCUT2D eigenvalue weighted by Crippen LogP contribution is 2.22. The van der Waals surface area contributed by atoms with Gasteiger partial charge in [0.1, 0.15) is 5.75 Å². The zero-order chi connectivity index (χ0) is 20.1. The molecule has 0 saturated carbocycles. The molecule has 0 aliphatic rings. The van der Waals surface area contributed by atoms with Crippen molar-refractivity contribution in [2.45, 2.75) is 52.8 Å². The summed E-state index contributed by atoms with van der Waals surface area (Å²) in [5, 5.41) is 9.36. The Balaban J connectivity index is 2.07. The molecule has 0 heterocycles. The van der Waals surface area contributed by atoms with Gasteiger partial charge in [-0.15, -0.1) is 0 Å². The molecule has 1 atom stereocenters. The molecule has 2 aromatic carbocycles. The van der Waals surface area contributed by atoms with Gasteiger partial charge in [0.05, 0.1) is 5.56 Å². The van der Waals surface area contributed by atoms with Crippen molar-refractivity contribution in [3.05, 3.63) is 54.1 Å². The number of ether oxygens (including phenoxy) is 1. The first kappa shape index (κ1) is 20.5. The Hall–Kier alpha value is -2.82. The second-order valence-corrected chi connectivity index (χ2v) is 7.10. The average Bonchev–Trinajstić information content (AvgIpc) is 2.61. The van der Waals surface area contributed by atoms with Crippen LogP contribution in [0, 0.1) is 0 Å². The van der Waals surface area contributed by atoms with Crippen molar-refractivity contribution in [1.29, 1.82) is 0 Å². The third kappa shape index (κ3) is 5.09. The predicted octanol–water partition coefficient (Wildman–Crippen LogP) is 4.25. The monoisotopic (exact) mass is 369 g/mol. The van der Waals surface area contributed by atoms with E-state index in [-0.39, 0.29) is 23.7 Å². The zero-order valence-corrected chi connectivity index (χ0v) is 16.5. The van der Waals surface area contributed by atoms with Crippen molar-refractivity contribution < 1.29 is 19.4 Å². The minimum absolute atomic E-state index is 0.0308. The maximum Gasteiger partial charge on any atom is 0.338 e. The maximum atomic E-state index is 12.6. The molecule has 0 radical (unpaired) electrons. The predicted molar refractivity (Wildman–Crippen MR) is 106 cm³/mol. The number of esters is 1. The highest BCUT2D eigenvalue weighted by Gasteiger charge is 2.27. The number of rotatable bonds is 6. The fraction of sp³-hybridized carbons (Fsp3) is 0.364. The maximum absolute atomic E-state index is 12.6. The fourth-order valence-electron chi connectivity index (χ4n) is 3.05. The molecule has 2 aromatic rings. The Morgan fingerprint density at radius 3 is 1.70 bits per heavy atom. The molecule has 0 fully saturated rings. The molecular formula is C22H27NO4. The van der Waals surface area contributed by atoms with Crippen LogP contribution in [0.5, 0.6) is 5.75 Å². The zero-order valence-electron chi connectivity index (χ0n) is 16.5. The number of carbonyl (C=O) groups excluding carboxylic acids is 2. The van der Waals surface area contributed by atoms with E-state index in [9.17, 15) is 14.7 Å². The molecule has 27 heavy (non-hydrogen) atoms.